The lowest BCUT2D eigenvalue weighted by molar-refractivity contribution is 0.509. The average molecular weight is 409 g/mol. The minimum atomic E-state index is -0.0327. The van der Waals surface area contributed by atoms with Gasteiger partial charge in [-0.05, 0) is 42.0 Å². The van der Waals surface area contributed by atoms with Crippen LogP contribution in [-0.2, 0) is 0 Å². The molecule has 0 atom stereocenters. The van der Waals surface area contributed by atoms with Crippen LogP contribution < -0.4 is 5.32 Å². The number of aromatic nitrogens is 5. The molecule has 6 nitrogen and oxygen atoms in total. The minimum absolute atomic E-state index is 0.0327. The van der Waals surface area contributed by atoms with E-state index in [1.807, 2.05) is 30.6 Å². The fraction of sp³-hybridized carbons (Fsp3) is 0.160. The first kappa shape index (κ1) is 19.1. The van der Waals surface area contributed by atoms with Gasteiger partial charge in [-0.15, -0.1) is 0 Å². The first-order valence-electron chi connectivity index (χ1n) is 10.2. The van der Waals surface area contributed by atoms with E-state index < -0.39 is 0 Å². The van der Waals surface area contributed by atoms with Gasteiger partial charge < -0.3 is 10.3 Å². The molecule has 0 aliphatic rings. The van der Waals surface area contributed by atoms with Gasteiger partial charge >= 0.3 is 0 Å². The summed E-state index contributed by atoms with van der Waals surface area (Å²) in [5.41, 5.74) is 8.64. The van der Waals surface area contributed by atoms with Crippen LogP contribution in [0.25, 0.3) is 44.5 Å². The quantitative estimate of drug-likeness (QED) is 0.334. The molecule has 0 bridgehead atoms. The predicted molar refractivity (Wildman–Crippen MR) is 127 cm³/mol. The molecule has 0 unspecified atom stereocenters. The molecule has 6 heteroatoms. The second-order valence-corrected chi connectivity index (χ2v) is 8.77. The highest BCUT2D eigenvalue weighted by Crippen LogP contribution is 2.32. The van der Waals surface area contributed by atoms with Crippen LogP contribution in [0.1, 0.15) is 20.8 Å². The lowest BCUT2D eigenvalue weighted by Crippen LogP contribution is -2.15. The van der Waals surface area contributed by atoms with E-state index in [-0.39, 0.29) is 5.41 Å². The van der Waals surface area contributed by atoms with Gasteiger partial charge in [-0.3, -0.25) is 15.1 Å². The van der Waals surface area contributed by atoms with Crippen LogP contribution in [0.3, 0.4) is 0 Å². The van der Waals surface area contributed by atoms with Gasteiger partial charge in [-0.2, -0.15) is 5.10 Å². The van der Waals surface area contributed by atoms with Crippen LogP contribution in [0.4, 0.5) is 5.69 Å². The summed E-state index contributed by atoms with van der Waals surface area (Å²) in [6.07, 6.45) is 5.49. The van der Waals surface area contributed by atoms with E-state index in [0.717, 1.165) is 55.8 Å². The molecule has 0 fully saturated rings. The van der Waals surface area contributed by atoms with E-state index in [9.17, 15) is 0 Å². The predicted octanol–water partition coefficient (Wildman–Crippen LogP) is 6.14. The van der Waals surface area contributed by atoms with Crippen molar-refractivity contribution in [2.75, 3.05) is 5.32 Å². The second kappa shape index (κ2) is 7.09. The van der Waals surface area contributed by atoms with Crippen molar-refractivity contribution in [1.29, 1.82) is 0 Å². The zero-order chi connectivity index (χ0) is 21.6. The molecule has 0 saturated carbocycles. The third-order valence-corrected chi connectivity index (χ3v) is 5.48. The number of hydrogen-bond donors (Lipinski definition) is 3. The maximum atomic E-state index is 4.56. The smallest absolute Gasteiger partial charge is 0.116 e. The van der Waals surface area contributed by atoms with Crippen molar-refractivity contribution in [2.24, 2.45) is 5.41 Å². The summed E-state index contributed by atoms with van der Waals surface area (Å²) in [5.74, 6) is 0. The standard InChI is InChI=1S/C25H24N6/c1-15(25(2,3)4)28-18-10-17(13-26-14-18)16-7-8-20-19(11-16)24(31-30-20)23-12-22-21(29-23)6-5-9-27-22/h5-14,28-29H,1H2,2-4H3,(H,30,31). The van der Waals surface area contributed by atoms with Crippen LogP contribution in [0.5, 0.6) is 0 Å². The van der Waals surface area contributed by atoms with E-state index in [4.69, 9.17) is 0 Å². The Balaban J connectivity index is 1.54. The largest absolute Gasteiger partial charge is 0.358 e. The molecule has 1 aromatic carbocycles. The van der Waals surface area contributed by atoms with E-state index in [0.29, 0.717) is 0 Å². The number of fused-ring (bicyclic) bond motifs is 2. The molecular weight excluding hydrogens is 384 g/mol. The van der Waals surface area contributed by atoms with Gasteiger partial charge in [0.2, 0.25) is 0 Å². The molecule has 5 aromatic rings. The summed E-state index contributed by atoms with van der Waals surface area (Å²) in [5, 5.41) is 12.1. The Hall–Kier alpha value is -3.93. The lowest BCUT2D eigenvalue weighted by Gasteiger charge is -2.23. The van der Waals surface area contributed by atoms with Crippen LogP contribution in [0.15, 0.2) is 73.3 Å². The molecular formula is C25H24N6. The van der Waals surface area contributed by atoms with Gasteiger partial charge in [0.05, 0.1) is 34.1 Å². The average Bonchev–Trinajstić information content (AvgIpc) is 3.36. The number of allylic oxidation sites excluding steroid dienone is 1. The Bertz CT molecular complexity index is 1380. The number of rotatable bonds is 4. The molecule has 0 radical (unpaired) electrons. The SMILES string of the molecule is C=C(Nc1cncc(-c2ccc3[nH]nc(-c4cc5ncccc5[nH]4)c3c2)c1)C(C)(C)C. The van der Waals surface area contributed by atoms with Gasteiger partial charge in [-0.1, -0.05) is 33.4 Å². The summed E-state index contributed by atoms with van der Waals surface area (Å²) < 4.78 is 0. The van der Waals surface area contributed by atoms with E-state index in [1.54, 1.807) is 6.20 Å². The molecule has 31 heavy (non-hydrogen) atoms. The van der Waals surface area contributed by atoms with E-state index >= 15 is 0 Å². The first-order chi connectivity index (χ1) is 14.9. The van der Waals surface area contributed by atoms with Crippen molar-refractivity contribution < 1.29 is 0 Å². The number of H-pyrrole nitrogens is 2. The number of benzene rings is 1. The van der Waals surface area contributed by atoms with Gasteiger partial charge in [0.15, 0.2) is 0 Å². The molecule has 0 aliphatic carbocycles. The maximum Gasteiger partial charge on any atom is 0.116 e. The summed E-state index contributed by atoms with van der Waals surface area (Å²) in [4.78, 5) is 12.3. The Morgan fingerprint density at radius 3 is 2.68 bits per heavy atom. The Morgan fingerprint density at radius 1 is 1.00 bits per heavy atom. The van der Waals surface area contributed by atoms with Gasteiger partial charge in [-0.25, -0.2) is 0 Å². The van der Waals surface area contributed by atoms with Gasteiger partial charge in [0.25, 0.3) is 0 Å². The number of nitrogens with one attached hydrogen (secondary N) is 3. The maximum absolute atomic E-state index is 4.56. The van der Waals surface area contributed by atoms with Gasteiger partial charge in [0, 0.05) is 34.5 Å². The first-order valence-corrected chi connectivity index (χ1v) is 10.2. The molecule has 0 saturated heterocycles. The molecule has 4 heterocycles. The number of anilines is 1. The van der Waals surface area contributed by atoms with E-state index in [1.165, 1.54) is 0 Å². The van der Waals surface area contributed by atoms with Crippen molar-refractivity contribution >= 4 is 27.6 Å². The number of hydrogen-bond acceptors (Lipinski definition) is 4. The fourth-order valence-electron chi connectivity index (χ4n) is 3.51. The van der Waals surface area contributed by atoms with Crippen molar-refractivity contribution in [3.8, 4) is 22.5 Å². The fourth-order valence-corrected chi connectivity index (χ4v) is 3.51. The molecule has 0 amide bonds. The van der Waals surface area contributed by atoms with Crippen LogP contribution in [0.2, 0.25) is 0 Å². The Labute approximate surface area is 180 Å². The monoisotopic (exact) mass is 408 g/mol. The minimum Gasteiger partial charge on any atom is -0.358 e. The number of pyridine rings is 2. The van der Waals surface area contributed by atoms with Crippen molar-refractivity contribution in [3.63, 3.8) is 0 Å². The Morgan fingerprint density at radius 2 is 1.87 bits per heavy atom. The van der Waals surface area contributed by atoms with Crippen molar-refractivity contribution in [3.05, 3.63) is 73.3 Å². The third-order valence-electron chi connectivity index (χ3n) is 5.48. The lowest BCUT2D eigenvalue weighted by atomic mass is 9.93. The zero-order valence-corrected chi connectivity index (χ0v) is 17.8. The highest BCUT2D eigenvalue weighted by atomic mass is 15.1. The van der Waals surface area contributed by atoms with E-state index in [2.05, 4.69) is 82.1 Å². The zero-order valence-electron chi connectivity index (χ0n) is 17.8. The topological polar surface area (TPSA) is 82.3 Å². The van der Waals surface area contributed by atoms with Crippen molar-refractivity contribution in [2.45, 2.75) is 20.8 Å². The van der Waals surface area contributed by atoms with Gasteiger partial charge in [0.1, 0.15) is 5.69 Å². The summed E-state index contributed by atoms with van der Waals surface area (Å²) in [6, 6.07) is 14.3. The Kier molecular flexibility index (Phi) is 4.36. The molecule has 4 aromatic heterocycles. The highest BCUT2D eigenvalue weighted by molar-refractivity contribution is 5.97. The molecule has 0 spiro atoms. The van der Waals surface area contributed by atoms with Crippen LogP contribution in [0, 0.1) is 5.41 Å². The van der Waals surface area contributed by atoms with Crippen molar-refractivity contribution in [1.82, 2.24) is 25.1 Å². The van der Waals surface area contributed by atoms with Crippen LogP contribution in [-0.4, -0.2) is 25.1 Å². The molecule has 5 rings (SSSR count). The second-order valence-electron chi connectivity index (χ2n) is 8.77. The van der Waals surface area contributed by atoms with Crippen LogP contribution >= 0.6 is 0 Å². The third kappa shape index (κ3) is 3.57. The number of aromatic amines is 2. The molecule has 0 aliphatic heterocycles. The highest BCUT2D eigenvalue weighted by Gasteiger charge is 2.16. The number of nitrogens with zero attached hydrogens (tertiary/aromatic N) is 3. The molecule has 3 N–H and O–H groups in total. The normalized spacial score (nSPS) is 11.8. The summed E-state index contributed by atoms with van der Waals surface area (Å²) in [7, 11) is 0. The molecule has 154 valence electrons. The summed E-state index contributed by atoms with van der Waals surface area (Å²) in [6.45, 7) is 10.6. The summed E-state index contributed by atoms with van der Waals surface area (Å²) >= 11 is 0.